The molecule has 0 aliphatic carbocycles. The lowest BCUT2D eigenvalue weighted by molar-refractivity contribution is -0.140. The number of carbonyl (C=O) groups is 1. The van der Waals surface area contributed by atoms with E-state index in [0.29, 0.717) is 6.42 Å². The summed E-state index contributed by atoms with van der Waals surface area (Å²) in [6.45, 7) is 0.129. The first kappa shape index (κ1) is 17.9. The summed E-state index contributed by atoms with van der Waals surface area (Å²) in [6, 6.07) is 0. The number of aliphatic hydroxyl groups excluding tert-OH is 1. The van der Waals surface area contributed by atoms with E-state index >= 15 is 0 Å². The highest BCUT2D eigenvalue weighted by molar-refractivity contribution is 5.68. The molecule has 0 fully saturated rings. The van der Waals surface area contributed by atoms with E-state index in [1.165, 1.54) is 32.8 Å². The fourth-order valence-electron chi connectivity index (χ4n) is 1.80. The van der Waals surface area contributed by atoms with E-state index in [1.54, 1.807) is 6.08 Å². The van der Waals surface area contributed by atoms with Crippen molar-refractivity contribution in [2.45, 2.75) is 57.8 Å². The zero-order valence-electron chi connectivity index (χ0n) is 12.1. The maximum atomic E-state index is 10.9. The van der Waals surface area contributed by atoms with Gasteiger partial charge in [-0.25, -0.2) is 0 Å². The first-order chi connectivity index (χ1) is 9.31. The number of ether oxygens (including phenoxy) is 1. The van der Waals surface area contributed by atoms with Gasteiger partial charge in [-0.3, -0.25) is 4.79 Å². The summed E-state index contributed by atoms with van der Waals surface area (Å²) in [4.78, 5) is 10.9. The first-order valence-electron chi connectivity index (χ1n) is 7.29. The molecule has 0 bridgehead atoms. The Morgan fingerprint density at radius 1 is 0.947 bits per heavy atom. The number of hydrogen-bond donors (Lipinski definition) is 1. The van der Waals surface area contributed by atoms with Crippen LogP contribution in [-0.4, -0.2) is 24.8 Å². The molecule has 0 radical (unpaired) electrons. The van der Waals surface area contributed by atoms with Gasteiger partial charge in [0.25, 0.3) is 0 Å². The number of aliphatic hydroxyl groups is 1. The number of esters is 1. The Morgan fingerprint density at radius 2 is 1.58 bits per heavy atom. The third-order valence-electron chi connectivity index (χ3n) is 2.94. The Balaban J connectivity index is 3.14. The van der Waals surface area contributed by atoms with Crippen LogP contribution >= 0.6 is 0 Å². The molecule has 3 heteroatoms. The molecule has 0 heterocycles. The zero-order chi connectivity index (χ0) is 14.2. The van der Waals surface area contributed by atoms with Crippen molar-refractivity contribution >= 4 is 5.97 Å². The number of methoxy groups -OCH3 is 1. The molecule has 0 unspecified atom stereocenters. The highest BCUT2D eigenvalue weighted by Gasteiger charge is 1.98. The summed E-state index contributed by atoms with van der Waals surface area (Å²) in [5.74, 6) is -0.0969. The van der Waals surface area contributed by atoms with Crippen molar-refractivity contribution in [3.05, 3.63) is 24.3 Å². The molecular formula is C16H28O3. The predicted octanol–water partition coefficient (Wildman–Crippen LogP) is 3.78. The van der Waals surface area contributed by atoms with E-state index in [9.17, 15) is 4.79 Å². The summed E-state index contributed by atoms with van der Waals surface area (Å²) in [5.41, 5.74) is 0. The standard InChI is InChI=1S/C16H28O3/c1-19-16(18)14-12-10-8-6-4-2-3-5-7-9-11-13-15-17/h5,7,11,13,17H,2-4,6,8-10,12,14-15H2,1H3/b7-5-,13-11-. The van der Waals surface area contributed by atoms with Crippen LogP contribution in [0.25, 0.3) is 0 Å². The van der Waals surface area contributed by atoms with Crippen molar-refractivity contribution in [1.82, 2.24) is 0 Å². The van der Waals surface area contributed by atoms with Crippen LogP contribution in [0.15, 0.2) is 24.3 Å². The molecule has 0 rings (SSSR count). The van der Waals surface area contributed by atoms with Crippen molar-refractivity contribution in [2.24, 2.45) is 0 Å². The minimum absolute atomic E-state index is 0.0969. The van der Waals surface area contributed by atoms with Crippen LogP contribution in [0.3, 0.4) is 0 Å². The third-order valence-corrected chi connectivity index (χ3v) is 2.94. The Kier molecular flexibility index (Phi) is 14.1. The van der Waals surface area contributed by atoms with E-state index in [1.807, 2.05) is 6.08 Å². The van der Waals surface area contributed by atoms with Crippen LogP contribution in [0.2, 0.25) is 0 Å². The number of hydrogen-bond acceptors (Lipinski definition) is 3. The zero-order valence-corrected chi connectivity index (χ0v) is 12.1. The van der Waals surface area contributed by atoms with Crippen LogP contribution in [0.4, 0.5) is 0 Å². The molecular weight excluding hydrogens is 240 g/mol. The van der Waals surface area contributed by atoms with Crippen molar-refractivity contribution in [2.75, 3.05) is 13.7 Å². The molecule has 0 aromatic rings. The molecule has 110 valence electrons. The Labute approximate surface area is 117 Å². The van der Waals surface area contributed by atoms with Gasteiger partial charge in [0, 0.05) is 6.42 Å². The molecule has 19 heavy (non-hydrogen) atoms. The normalized spacial score (nSPS) is 11.5. The van der Waals surface area contributed by atoms with Gasteiger partial charge in [0.15, 0.2) is 0 Å². The number of rotatable bonds is 12. The quantitative estimate of drug-likeness (QED) is 0.333. The summed E-state index contributed by atoms with van der Waals surface area (Å²) in [5, 5.41) is 8.54. The molecule has 0 aromatic heterocycles. The van der Waals surface area contributed by atoms with Crippen molar-refractivity contribution in [1.29, 1.82) is 0 Å². The van der Waals surface area contributed by atoms with Gasteiger partial charge >= 0.3 is 5.97 Å². The second kappa shape index (κ2) is 15.0. The van der Waals surface area contributed by atoms with Crippen LogP contribution < -0.4 is 0 Å². The lowest BCUT2D eigenvalue weighted by atomic mass is 10.1. The summed E-state index contributed by atoms with van der Waals surface area (Å²) in [7, 11) is 1.44. The van der Waals surface area contributed by atoms with Crippen molar-refractivity contribution in [3.63, 3.8) is 0 Å². The average Bonchev–Trinajstić information content (AvgIpc) is 2.43. The third kappa shape index (κ3) is 14.9. The summed E-state index contributed by atoms with van der Waals surface area (Å²) in [6.07, 6.45) is 17.7. The van der Waals surface area contributed by atoms with Crippen LogP contribution in [0.1, 0.15) is 57.8 Å². The van der Waals surface area contributed by atoms with Gasteiger partial charge in [-0.15, -0.1) is 0 Å². The molecule has 1 N–H and O–H groups in total. The second-order valence-corrected chi connectivity index (χ2v) is 4.60. The molecule has 0 amide bonds. The molecule has 0 spiro atoms. The molecule has 3 nitrogen and oxygen atoms in total. The van der Waals surface area contributed by atoms with Gasteiger partial charge in [-0.1, -0.05) is 50.0 Å². The number of unbranched alkanes of at least 4 members (excludes halogenated alkanes) is 6. The van der Waals surface area contributed by atoms with E-state index in [0.717, 1.165) is 25.7 Å². The smallest absolute Gasteiger partial charge is 0.305 e. The fraction of sp³-hybridized carbons (Fsp3) is 0.688. The first-order valence-corrected chi connectivity index (χ1v) is 7.29. The Hall–Kier alpha value is -1.09. The van der Waals surface area contributed by atoms with E-state index in [-0.39, 0.29) is 12.6 Å². The molecule has 0 aliphatic heterocycles. The second-order valence-electron chi connectivity index (χ2n) is 4.60. The van der Waals surface area contributed by atoms with Crippen molar-refractivity contribution < 1.29 is 14.6 Å². The predicted molar refractivity (Wildman–Crippen MR) is 78.9 cm³/mol. The molecule has 0 atom stereocenters. The van der Waals surface area contributed by atoms with Crippen molar-refractivity contribution in [3.8, 4) is 0 Å². The van der Waals surface area contributed by atoms with Crippen LogP contribution in [-0.2, 0) is 9.53 Å². The van der Waals surface area contributed by atoms with Gasteiger partial charge in [-0.2, -0.15) is 0 Å². The van der Waals surface area contributed by atoms with Crippen LogP contribution in [0.5, 0.6) is 0 Å². The average molecular weight is 268 g/mol. The molecule has 0 saturated carbocycles. The van der Waals surface area contributed by atoms with Gasteiger partial charge in [0.1, 0.15) is 0 Å². The van der Waals surface area contributed by atoms with Gasteiger partial charge in [-0.05, 0) is 25.7 Å². The summed E-state index contributed by atoms with van der Waals surface area (Å²) >= 11 is 0. The van der Waals surface area contributed by atoms with E-state index < -0.39 is 0 Å². The van der Waals surface area contributed by atoms with Gasteiger partial charge in [0.2, 0.25) is 0 Å². The highest BCUT2D eigenvalue weighted by atomic mass is 16.5. The lowest BCUT2D eigenvalue weighted by Crippen LogP contribution is -1.99. The molecule has 0 saturated heterocycles. The maximum absolute atomic E-state index is 10.9. The number of allylic oxidation sites excluding steroid dienone is 3. The SMILES string of the molecule is COC(=O)CCCCCCCC/C=C\C/C=C\CO. The minimum atomic E-state index is -0.0969. The Morgan fingerprint density at radius 3 is 2.26 bits per heavy atom. The minimum Gasteiger partial charge on any atom is -0.469 e. The Bertz CT molecular complexity index is 257. The topological polar surface area (TPSA) is 46.5 Å². The largest absolute Gasteiger partial charge is 0.469 e. The molecule has 0 aromatic carbocycles. The lowest BCUT2D eigenvalue weighted by Gasteiger charge is -2.00. The monoisotopic (exact) mass is 268 g/mol. The van der Waals surface area contributed by atoms with E-state index in [4.69, 9.17) is 5.11 Å². The van der Waals surface area contributed by atoms with E-state index in [2.05, 4.69) is 16.9 Å². The highest BCUT2D eigenvalue weighted by Crippen LogP contribution is 2.09. The molecule has 0 aliphatic rings. The summed E-state index contributed by atoms with van der Waals surface area (Å²) < 4.78 is 4.59. The number of carbonyl (C=O) groups excluding carboxylic acids is 1. The maximum Gasteiger partial charge on any atom is 0.305 e. The fourth-order valence-corrected chi connectivity index (χ4v) is 1.80. The van der Waals surface area contributed by atoms with Gasteiger partial charge < -0.3 is 9.84 Å². The van der Waals surface area contributed by atoms with Crippen LogP contribution in [0, 0.1) is 0 Å². The van der Waals surface area contributed by atoms with Gasteiger partial charge in [0.05, 0.1) is 13.7 Å².